The molecule has 0 unspecified atom stereocenters. The number of cyclic esters (lactones) is 1. The number of methoxy groups -OCH3 is 1. The van der Waals surface area contributed by atoms with Crippen molar-refractivity contribution in [2.75, 3.05) is 34.4 Å². The van der Waals surface area contributed by atoms with E-state index in [1.165, 1.54) is 6.92 Å². The molecule has 62 heavy (non-hydrogen) atoms. The summed E-state index contributed by atoms with van der Waals surface area (Å²) in [6.07, 6.45) is -8.18. The molecule has 16 nitrogen and oxygen atoms in total. The number of aliphatic hydroxyl groups excluding tert-OH is 1. The largest absolute Gasteiger partial charge is 0.509 e. The van der Waals surface area contributed by atoms with Crippen molar-refractivity contribution in [3.05, 3.63) is 35.9 Å². The Morgan fingerprint density at radius 3 is 2.23 bits per heavy atom. The normalized spacial score (nSPS) is 44.8. The highest BCUT2D eigenvalue weighted by molar-refractivity contribution is 5.73. The number of esters is 1. The SMILES string of the molecule is CC[C@H]1OC(=O)[C@H](C)[C@@H](O[C@H]2C[C@@](C)(OC)[C@@]3(CO3)[C@H](C)O2)[C@H](C)[C@@H](O[C@@H]2O[C@H](C)C[C@H](N(C)C)[C@H]2OC(=O)OCc2ccccc2)[C@](C)(O)C[C@@H](C)CN[C@H](C)[C@@H](O)[C@]1(C)O. The van der Waals surface area contributed by atoms with E-state index in [1.54, 1.807) is 34.8 Å². The molecule has 4 fully saturated rings. The second-order valence-corrected chi connectivity index (χ2v) is 19.4. The molecule has 4 aliphatic heterocycles. The number of likely N-dealkylation sites (N-methyl/N-ethyl adjacent to an activating group) is 1. The first kappa shape index (κ1) is 50.5. The smallest absolute Gasteiger partial charge is 0.459 e. The summed E-state index contributed by atoms with van der Waals surface area (Å²) in [5, 5.41) is 39.3. The fourth-order valence-corrected chi connectivity index (χ4v) is 10.0. The topological polar surface area (TPSA) is 196 Å². The molecule has 5 rings (SSSR count). The zero-order valence-corrected chi connectivity index (χ0v) is 39.2. The van der Waals surface area contributed by atoms with Crippen molar-refractivity contribution in [1.29, 1.82) is 0 Å². The number of hydrogen-bond acceptors (Lipinski definition) is 16. The Morgan fingerprint density at radius 2 is 1.63 bits per heavy atom. The Morgan fingerprint density at radius 1 is 0.968 bits per heavy atom. The van der Waals surface area contributed by atoms with Crippen molar-refractivity contribution in [3.8, 4) is 0 Å². The Kier molecular flexibility index (Phi) is 16.6. The van der Waals surface area contributed by atoms with Crippen LogP contribution in [0.3, 0.4) is 0 Å². The van der Waals surface area contributed by atoms with E-state index in [1.807, 2.05) is 83.9 Å². The number of benzene rings is 1. The molecule has 1 spiro atoms. The summed E-state index contributed by atoms with van der Waals surface area (Å²) in [4.78, 5) is 29.8. The van der Waals surface area contributed by atoms with Gasteiger partial charge in [-0.1, -0.05) is 51.1 Å². The fourth-order valence-electron chi connectivity index (χ4n) is 10.0. The van der Waals surface area contributed by atoms with Crippen molar-refractivity contribution >= 4 is 12.1 Å². The number of aliphatic hydroxyl groups is 3. The van der Waals surface area contributed by atoms with E-state index < -0.39 is 102 Å². The molecule has 354 valence electrons. The predicted molar refractivity (Wildman–Crippen MR) is 228 cm³/mol. The highest BCUT2D eigenvalue weighted by Gasteiger charge is 2.67. The van der Waals surface area contributed by atoms with Crippen LogP contribution in [0.25, 0.3) is 0 Å². The molecule has 4 aliphatic rings. The average molecular weight is 881 g/mol. The number of nitrogens with zero attached hydrogens (tertiary/aromatic N) is 1. The Balaban J connectivity index is 1.56. The summed E-state index contributed by atoms with van der Waals surface area (Å²) in [7, 11) is 5.39. The van der Waals surface area contributed by atoms with E-state index in [-0.39, 0.29) is 43.9 Å². The standard InChI is InChI=1S/C46H76N2O14/c1-14-34-45(10,53)38(49)30(6)47-23-26(2)21-43(8,52)39(28(4)36(29(5)40(50)59-34)60-35-22-44(9,54-13)46(25-56-46)31(7)58-35)62-41-37(33(48(11)12)20-27(3)57-41)61-42(51)55-24-32-18-16-15-17-19-32/h15-19,26-31,33-39,41,47,49,52-53H,14,20-25H2,1-13H3/t26-,27-,28+,29-,30-,31+,33+,34-,35+,36+,37-,38-,39-,41+,43-,44-,45-,46-/m1/s1. The van der Waals surface area contributed by atoms with Crippen molar-refractivity contribution in [1.82, 2.24) is 10.2 Å². The van der Waals surface area contributed by atoms with E-state index in [2.05, 4.69) is 5.32 Å². The number of ether oxygens (including phenoxy) is 9. The molecular weight excluding hydrogens is 805 g/mol. The van der Waals surface area contributed by atoms with Gasteiger partial charge in [0, 0.05) is 25.5 Å². The van der Waals surface area contributed by atoms with Gasteiger partial charge in [-0.2, -0.15) is 0 Å². The third kappa shape index (κ3) is 11.1. The van der Waals surface area contributed by atoms with Crippen LogP contribution in [0.1, 0.15) is 100 Å². The van der Waals surface area contributed by atoms with Crippen LogP contribution in [0.5, 0.6) is 0 Å². The summed E-state index contributed by atoms with van der Waals surface area (Å²) in [6, 6.07) is 8.29. The average Bonchev–Trinajstić information content (AvgIpc) is 4.04. The van der Waals surface area contributed by atoms with Crippen LogP contribution in [0.4, 0.5) is 4.79 Å². The molecule has 0 aliphatic carbocycles. The summed E-state index contributed by atoms with van der Waals surface area (Å²) < 4.78 is 56.6. The van der Waals surface area contributed by atoms with E-state index in [9.17, 15) is 24.9 Å². The van der Waals surface area contributed by atoms with Gasteiger partial charge in [0.05, 0.1) is 48.6 Å². The zero-order valence-electron chi connectivity index (χ0n) is 39.2. The lowest BCUT2D eigenvalue weighted by molar-refractivity contribution is -0.315. The summed E-state index contributed by atoms with van der Waals surface area (Å²) in [5.74, 6) is -2.73. The van der Waals surface area contributed by atoms with Crippen LogP contribution in [-0.2, 0) is 54.0 Å². The monoisotopic (exact) mass is 881 g/mol. The van der Waals surface area contributed by atoms with Gasteiger partial charge in [0.25, 0.3) is 0 Å². The highest BCUT2D eigenvalue weighted by atomic mass is 16.8. The fraction of sp³-hybridized carbons (Fsp3) is 0.826. The van der Waals surface area contributed by atoms with E-state index in [0.29, 0.717) is 19.6 Å². The Labute approximate surface area is 368 Å². The highest BCUT2D eigenvalue weighted by Crippen LogP contribution is 2.51. The van der Waals surface area contributed by atoms with Crippen molar-refractivity contribution in [2.45, 2.75) is 191 Å². The van der Waals surface area contributed by atoms with Crippen molar-refractivity contribution < 1.29 is 67.5 Å². The molecule has 0 radical (unpaired) electrons. The maximum absolute atomic E-state index is 14.5. The van der Waals surface area contributed by atoms with Gasteiger partial charge in [-0.15, -0.1) is 0 Å². The summed E-state index contributed by atoms with van der Waals surface area (Å²) in [5.41, 5.74) is -4.12. The second-order valence-electron chi connectivity index (χ2n) is 19.4. The number of epoxide rings is 1. The third-order valence-electron chi connectivity index (χ3n) is 14.0. The Hall–Kier alpha value is -2.48. The van der Waals surface area contributed by atoms with Gasteiger partial charge >= 0.3 is 12.1 Å². The lowest BCUT2D eigenvalue weighted by Gasteiger charge is -2.49. The molecule has 18 atom stereocenters. The molecular formula is C46H76N2O14. The molecule has 4 heterocycles. The summed E-state index contributed by atoms with van der Waals surface area (Å²) >= 11 is 0. The number of rotatable bonds is 10. The molecule has 4 N–H and O–H groups in total. The van der Waals surface area contributed by atoms with Gasteiger partial charge in [0.2, 0.25) is 0 Å². The quantitative estimate of drug-likeness (QED) is 0.191. The van der Waals surface area contributed by atoms with Gasteiger partial charge < -0.3 is 68.2 Å². The van der Waals surface area contributed by atoms with Crippen LogP contribution in [0.15, 0.2) is 30.3 Å². The first-order chi connectivity index (χ1) is 29.0. The molecule has 1 aromatic rings. The van der Waals surface area contributed by atoms with E-state index in [4.69, 9.17) is 42.6 Å². The predicted octanol–water partition coefficient (Wildman–Crippen LogP) is 4.33. The third-order valence-corrected chi connectivity index (χ3v) is 14.0. The molecule has 0 bridgehead atoms. The van der Waals surface area contributed by atoms with Crippen LogP contribution < -0.4 is 5.32 Å². The molecule has 4 saturated heterocycles. The van der Waals surface area contributed by atoms with Gasteiger partial charge in [0.1, 0.15) is 35.6 Å². The van der Waals surface area contributed by atoms with Gasteiger partial charge in [-0.05, 0) is 99.9 Å². The van der Waals surface area contributed by atoms with Gasteiger partial charge in [-0.25, -0.2) is 4.79 Å². The molecule has 0 aromatic heterocycles. The zero-order chi connectivity index (χ0) is 45.9. The van der Waals surface area contributed by atoms with Gasteiger partial charge in [0.15, 0.2) is 18.7 Å². The molecule has 16 heteroatoms. The maximum Gasteiger partial charge on any atom is 0.509 e. The minimum atomic E-state index is -1.82. The maximum atomic E-state index is 14.5. The van der Waals surface area contributed by atoms with E-state index in [0.717, 1.165) is 5.56 Å². The number of hydrogen-bond donors (Lipinski definition) is 4. The summed E-state index contributed by atoms with van der Waals surface area (Å²) in [6.45, 7) is 18.7. The first-order valence-corrected chi connectivity index (χ1v) is 22.4. The number of carbonyl (C=O) groups excluding carboxylic acids is 2. The molecule has 1 aromatic carbocycles. The van der Waals surface area contributed by atoms with Crippen LogP contribution in [0.2, 0.25) is 0 Å². The molecule has 0 saturated carbocycles. The minimum Gasteiger partial charge on any atom is -0.459 e. The minimum absolute atomic E-state index is 0.00368. The van der Waals surface area contributed by atoms with E-state index >= 15 is 0 Å². The van der Waals surface area contributed by atoms with Crippen LogP contribution >= 0.6 is 0 Å². The lowest BCUT2D eigenvalue weighted by Crippen LogP contribution is -2.62. The second kappa shape index (κ2) is 20.4. The van der Waals surface area contributed by atoms with Crippen molar-refractivity contribution in [3.63, 3.8) is 0 Å². The van der Waals surface area contributed by atoms with Crippen LogP contribution in [0, 0.1) is 17.8 Å². The van der Waals surface area contributed by atoms with Gasteiger partial charge in [-0.3, -0.25) is 4.79 Å². The first-order valence-electron chi connectivity index (χ1n) is 22.4. The molecule has 0 amide bonds. The number of nitrogens with one attached hydrogen (secondary N) is 1. The van der Waals surface area contributed by atoms with Crippen LogP contribution in [-0.4, -0.2) is 156 Å². The van der Waals surface area contributed by atoms with Crippen molar-refractivity contribution in [2.24, 2.45) is 17.8 Å². The Bertz CT molecular complexity index is 1610. The lowest BCUT2D eigenvalue weighted by atomic mass is 9.77. The number of carbonyl (C=O) groups is 2.